The third kappa shape index (κ3) is 4.44. The maximum absolute atomic E-state index is 13.5. The Morgan fingerprint density at radius 3 is 2.75 bits per heavy atom. The molecule has 0 bridgehead atoms. The summed E-state index contributed by atoms with van der Waals surface area (Å²) in [6.07, 6.45) is 1.03. The first kappa shape index (κ1) is 16.4. The molecule has 6 nitrogen and oxygen atoms in total. The molecule has 1 unspecified atom stereocenters. The molecule has 1 rings (SSSR count). The van der Waals surface area contributed by atoms with Crippen molar-refractivity contribution in [2.75, 3.05) is 5.32 Å². The van der Waals surface area contributed by atoms with Crippen molar-refractivity contribution in [1.82, 2.24) is 0 Å². The zero-order valence-electron chi connectivity index (χ0n) is 10.7. The second-order valence-electron chi connectivity index (χ2n) is 4.27. The molecule has 0 spiro atoms. The van der Waals surface area contributed by atoms with Gasteiger partial charge < -0.3 is 10.4 Å². The molecule has 1 aromatic carbocycles. The van der Waals surface area contributed by atoms with Crippen LogP contribution in [0.1, 0.15) is 26.2 Å². The minimum absolute atomic E-state index is 0.0139. The Balaban J connectivity index is 3.07. The number of carboxylic acid groups (broad SMARTS) is 1. The Kier molecular flexibility index (Phi) is 5.87. The highest BCUT2D eigenvalue weighted by atomic mass is 79.9. The summed E-state index contributed by atoms with van der Waals surface area (Å²) >= 11 is 2.88. The van der Waals surface area contributed by atoms with Gasteiger partial charge in [-0.05, 0) is 22.4 Å². The number of aliphatic carboxylic acids is 1. The Morgan fingerprint density at radius 2 is 2.25 bits per heavy atom. The zero-order valence-corrected chi connectivity index (χ0v) is 12.3. The van der Waals surface area contributed by atoms with E-state index in [-0.39, 0.29) is 22.3 Å². The fourth-order valence-electron chi connectivity index (χ4n) is 1.81. The number of halogens is 2. The van der Waals surface area contributed by atoms with E-state index in [1.54, 1.807) is 0 Å². The van der Waals surface area contributed by atoms with Crippen LogP contribution in [-0.2, 0) is 4.79 Å². The van der Waals surface area contributed by atoms with E-state index in [0.717, 1.165) is 12.1 Å². The van der Waals surface area contributed by atoms with E-state index in [0.29, 0.717) is 12.8 Å². The second kappa shape index (κ2) is 7.18. The van der Waals surface area contributed by atoms with Gasteiger partial charge in [-0.1, -0.05) is 13.3 Å². The highest BCUT2D eigenvalue weighted by Crippen LogP contribution is 2.31. The van der Waals surface area contributed by atoms with Gasteiger partial charge in [0, 0.05) is 18.2 Å². The number of hydrogen-bond acceptors (Lipinski definition) is 4. The van der Waals surface area contributed by atoms with E-state index in [1.807, 2.05) is 6.92 Å². The lowest BCUT2D eigenvalue weighted by Crippen LogP contribution is -2.23. The summed E-state index contributed by atoms with van der Waals surface area (Å²) in [7, 11) is 0. The monoisotopic (exact) mass is 348 g/mol. The Labute approximate surface area is 123 Å². The number of nitro groups is 1. The summed E-state index contributed by atoms with van der Waals surface area (Å²) in [5.41, 5.74) is -0.319. The molecule has 1 atom stereocenters. The van der Waals surface area contributed by atoms with Gasteiger partial charge in [-0.15, -0.1) is 0 Å². The van der Waals surface area contributed by atoms with Crippen molar-refractivity contribution < 1.29 is 19.2 Å². The van der Waals surface area contributed by atoms with Gasteiger partial charge >= 0.3 is 5.97 Å². The molecule has 0 aliphatic carbocycles. The standard InChI is InChI=1S/C12H14BrFN2O4/c1-2-3-7(4-12(17)18)15-10-6-9(14)8(13)5-11(10)16(19)20/h5-7,15H,2-4H2,1H3,(H,17,18). The fraction of sp³-hybridized carbons (Fsp3) is 0.417. The summed E-state index contributed by atoms with van der Waals surface area (Å²) in [6, 6.07) is 1.56. The van der Waals surface area contributed by atoms with Crippen molar-refractivity contribution in [1.29, 1.82) is 0 Å². The summed E-state index contributed by atoms with van der Waals surface area (Å²) in [6.45, 7) is 1.87. The summed E-state index contributed by atoms with van der Waals surface area (Å²) in [5, 5.41) is 22.5. The summed E-state index contributed by atoms with van der Waals surface area (Å²) < 4.78 is 13.5. The van der Waals surface area contributed by atoms with E-state index in [1.165, 1.54) is 0 Å². The van der Waals surface area contributed by atoms with Crippen LogP contribution < -0.4 is 5.32 Å². The number of nitrogens with zero attached hydrogens (tertiary/aromatic N) is 1. The number of benzene rings is 1. The number of carbonyl (C=O) groups is 1. The maximum atomic E-state index is 13.5. The Hall–Kier alpha value is -1.70. The van der Waals surface area contributed by atoms with Gasteiger partial charge in [0.2, 0.25) is 0 Å². The minimum atomic E-state index is -1.02. The third-order valence-electron chi connectivity index (χ3n) is 2.65. The van der Waals surface area contributed by atoms with Crippen LogP contribution in [0.25, 0.3) is 0 Å². The molecule has 110 valence electrons. The lowest BCUT2D eigenvalue weighted by Gasteiger charge is -2.17. The van der Waals surface area contributed by atoms with Crippen LogP contribution in [0.5, 0.6) is 0 Å². The topological polar surface area (TPSA) is 92.5 Å². The van der Waals surface area contributed by atoms with Crippen molar-refractivity contribution in [3.8, 4) is 0 Å². The molecule has 2 N–H and O–H groups in total. The van der Waals surface area contributed by atoms with Crippen molar-refractivity contribution in [3.05, 3.63) is 32.5 Å². The van der Waals surface area contributed by atoms with Gasteiger partial charge in [-0.3, -0.25) is 14.9 Å². The molecule has 1 aromatic rings. The van der Waals surface area contributed by atoms with Crippen molar-refractivity contribution in [3.63, 3.8) is 0 Å². The van der Waals surface area contributed by atoms with Crippen molar-refractivity contribution in [2.45, 2.75) is 32.2 Å². The van der Waals surface area contributed by atoms with E-state index in [2.05, 4.69) is 21.2 Å². The van der Waals surface area contributed by atoms with Crippen molar-refractivity contribution >= 4 is 33.3 Å². The molecular weight excluding hydrogens is 335 g/mol. The molecule has 0 fully saturated rings. The van der Waals surface area contributed by atoms with Crippen LogP contribution in [0, 0.1) is 15.9 Å². The lowest BCUT2D eigenvalue weighted by atomic mass is 10.1. The van der Waals surface area contributed by atoms with E-state index >= 15 is 0 Å². The fourth-order valence-corrected chi connectivity index (χ4v) is 2.14. The molecule has 0 aliphatic heterocycles. The smallest absolute Gasteiger partial charge is 0.305 e. The number of carboxylic acids is 1. The number of hydrogen-bond donors (Lipinski definition) is 2. The lowest BCUT2D eigenvalue weighted by molar-refractivity contribution is -0.384. The predicted molar refractivity (Wildman–Crippen MR) is 75.3 cm³/mol. The van der Waals surface area contributed by atoms with Crippen LogP contribution in [0.15, 0.2) is 16.6 Å². The first-order valence-corrected chi connectivity index (χ1v) is 6.76. The normalized spacial score (nSPS) is 11.9. The zero-order chi connectivity index (χ0) is 15.3. The second-order valence-corrected chi connectivity index (χ2v) is 5.12. The quantitative estimate of drug-likeness (QED) is 0.580. The Bertz CT molecular complexity index is 524. The first-order chi connectivity index (χ1) is 9.35. The molecule has 0 heterocycles. The molecule has 0 amide bonds. The average Bonchev–Trinajstić information content (AvgIpc) is 2.32. The van der Waals surface area contributed by atoms with Gasteiger partial charge in [0.15, 0.2) is 0 Å². The van der Waals surface area contributed by atoms with E-state index < -0.39 is 22.8 Å². The molecular formula is C12H14BrFN2O4. The van der Waals surface area contributed by atoms with Crippen LogP contribution in [0.3, 0.4) is 0 Å². The van der Waals surface area contributed by atoms with Crippen molar-refractivity contribution in [2.24, 2.45) is 0 Å². The molecule has 8 heteroatoms. The van der Waals surface area contributed by atoms with Crippen LogP contribution in [0.2, 0.25) is 0 Å². The largest absolute Gasteiger partial charge is 0.481 e. The minimum Gasteiger partial charge on any atom is -0.481 e. The molecule has 0 aromatic heterocycles. The average molecular weight is 349 g/mol. The molecule has 20 heavy (non-hydrogen) atoms. The molecule has 0 radical (unpaired) electrons. The van der Waals surface area contributed by atoms with Gasteiger partial charge in [0.1, 0.15) is 11.5 Å². The van der Waals surface area contributed by atoms with E-state index in [9.17, 15) is 19.3 Å². The number of rotatable bonds is 7. The highest BCUT2D eigenvalue weighted by Gasteiger charge is 2.21. The number of anilines is 1. The summed E-state index contributed by atoms with van der Waals surface area (Å²) in [4.78, 5) is 21.1. The summed E-state index contributed by atoms with van der Waals surface area (Å²) in [5.74, 6) is -1.67. The molecule has 0 aliphatic rings. The van der Waals surface area contributed by atoms with Crippen LogP contribution in [0.4, 0.5) is 15.8 Å². The van der Waals surface area contributed by atoms with Crippen LogP contribution in [-0.4, -0.2) is 22.0 Å². The predicted octanol–water partition coefficient (Wildman–Crippen LogP) is 3.55. The Morgan fingerprint density at radius 1 is 1.60 bits per heavy atom. The van der Waals surface area contributed by atoms with Gasteiger partial charge in [0.25, 0.3) is 5.69 Å². The van der Waals surface area contributed by atoms with Gasteiger partial charge in [-0.2, -0.15) is 0 Å². The van der Waals surface area contributed by atoms with Crippen LogP contribution >= 0.6 is 15.9 Å². The molecule has 0 saturated carbocycles. The number of nitrogens with one attached hydrogen (secondary N) is 1. The van der Waals surface area contributed by atoms with Gasteiger partial charge in [-0.25, -0.2) is 4.39 Å². The third-order valence-corrected chi connectivity index (χ3v) is 3.26. The molecule has 0 saturated heterocycles. The number of nitro benzene ring substituents is 1. The van der Waals surface area contributed by atoms with E-state index in [4.69, 9.17) is 5.11 Å². The first-order valence-electron chi connectivity index (χ1n) is 5.96. The highest BCUT2D eigenvalue weighted by molar-refractivity contribution is 9.10. The van der Waals surface area contributed by atoms with Gasteiger partial charge in [0.05, 0.1) is 15.8 Å². The SMILES string of the molecule is CCCC(CC(=O)O)Nc1cc(F)c(Br)cc1[N+](=O)[O-]. The maximum Gasteiger partial charge on any atom is 0.305 e.